The van der Waals surface area contributed by atoms with Crippen LogP contribution in [0.2, 0.25) is 5.02 Å². The molecule has 31 heavy (non-hydrogen) atoms. The van der Waals surface area contributed by atoms with Gasteiger partial charge in [0.15, 0.2) is 0 Å². The van der Waals surface area contributed by atoms with Crippen LogP contribution in [0.4, 0.5) is 11.4 Å². The normalized spacial score (nSPS) is 13.9. The number of hydrogen-bond acceptors (Lipinski definition) is 3. The van der Waals surface area contributed by atoms with E-state index in [2.05, 4.69) is 5.32 Å². The third kappa shape index (κ3) is 3.64. The third-order valence-corrected chi connectivity index (χ3v) is 6.01. The summed E-state index contributed by atoms with van der Waals surface area (Å²) < 4.78 is 0. The van der Waals surface area contributed by atoms with Crippen molar-refractivity contribution in [2.75, 3.05) is 10.2 Å². The molecule has 0 spiro atoms. The van der Waals surface area contributed by atoms with Gasteiger partial charge in [-0.2, -0.15) is 0 Å². The highest BCUT2D eigenvalue weighted by molar-refractivity contribution is 6.48. The van der Waals surface area contributed by atoms with Gasteiger partial charge in [-0.25, -0.2) is 4.90 Å². The van der Waals surface area contributed by atoms with Crippen molar-refractivity contribution < 1.29 is 9.59 Å². The zero-order valence-electron chi connectivity index (χ0n) is 17.9. The molecule has 5 heteroatoms. The molecule has 0 unspecified atom stereocenters. The van der Waals surface area contributed by atoms with Crippen LogP contribution in [0.5, 0.6) is 0 Å². The minimum atomic E-state index is -0.422. The average Bonchev–Trinajstić information content (AvgIpc) is 2.96. The molecular weight excluding hydrogens is 408 g/mol. The fraction of sp³-hybridized carbons (Fsp3) is 0.154. The predicted octanol–water partition coefficient (Wildman–Crippen LogP) is 5.97. The van der Waals surface area contributed by atoms with Gasteiger partial charge < -0.3 is 5.32 Å². The van der Waals surface area contributed by atoms with Crippen molar-refractivity contribution >= 4 is 40.4 Å². The summed E-state index contributed by atoms with van der Waals surface area (Å²) >= 11 is 6.35. The fourth-order valence-corrected chi connectivity index (χ4v) is 4.08. The van der Waals surface area contributed by atoms with Gasteiger partial charge in [-0.1, -0.05) is 59.6 Å². The largest absolute Gasteiger partial charge is 0.350 e. The van der Waals surface area contributed by atoms with Crippen LogP contribution in [-0.2, 0) is 9.59 Å². The van der Waals surface area contributed by atoms with E-state index in [0.29, 0.717) is 16.3 Å². The van der Waals surface area contributed by atoms with Gasteiger partial charge in [-0.15, -0.1) is 0 Å². The van der Waals surface area contributed by atoms with E-state index >= 15 is 0 Å². The second-order valence-corrected chi connectivity index (χ2v) is 8.25. The number of carbonyl (C=O) groups excluding carboxylic acids is 2. The standard InChI is InChI=1S/C26H23ClN2O2/c1-15-12-13-19(17(3)14-15)23-24(28-21-10-7-8-16(2)18(21)4)26(31)29(25(23)30)22-11-6-5-9-20(22)27/h5-14,28H,1-4H3. The van der Waals surface area contributed by atoms with E-state index in [9.17, 15) is 9.59 Å². The summed E-state index contributed by atoms with van der Waals surface area (Å²) in [5.41, 5.74) is 6.63. The maximum Gasteiger partial charge on any atom is 0.282 e. The molecule has 4 nitrogen and oxygen atoms in total. The average molecular weight is 431 g/mol. The van der Waals surface area contributed by atoms with Crippen molar-refractivity contribution in [1.82, 2.24) is 0 Å². The minimum absolute atomic E-state index is 0.255. The van der Waals surface area contributed by atoms with E-state index < -0.39 is 11.8 Å². The molecule has 0 saturated heterocycles. The summed E-state index contributed by atoms with van der Waals surface area (Å²) in [6, 6.07) is 18.6. The highest BCUT2D eigenvalue weighted by Crippen LogP contribution is 2.38. The molecule has 1 heterocycles. The molecule has 0 atom stereocenters. The number of imide groups is 1. The summed E-state index contributed by atoms with van der Waals surface area (Å²) in [5.74, 6) is -0.813. The van der Waals surface area contributed by atoms with E-state index in [-0.39, 0.29) is 5.70 Å². The SMILES string of the molecule is Cc1ccc(C2=C(Nc3cccc(C)c3C)C(=O)N(c3ccccc3Cl)C2=O)c(C)c1. The molecule has 3 aromatic carbocycles. The zero-order chi connectivity index (χ0) is 22.3. The summed E-state index contributed by atoms with van der Waals surface area (Å²) in [7, 11) is 0. The van der Waals surface area contributed by atoms with E-state index in [1.54, 1.807) is 24.3 Å². The first kappa shape index (κ1) is 20.9. The number of para-hydroxylation sites is 1. The van der Waals surface area contributed by atoms with Crippen LogP contribution in [0.3, 0.4) is 0 Å². The number of benzene rings is 3. The number of anilines is 2. The molecule has 0 bridgehead atoms. The number of nitrogens with one attached hydrogen (secondary N) is 1. The smallest absolute Gasteiger partial charge is 0.282 e. The Hall–Kier alpha value is -3.37. The molecule has 0 aliphatic carbocycles. The molecular formula is C26H23ClN2O2. The Morgan fingerprint density at radius 1 is 0.806 bits per heavy atom. The Morgan fingerprint density at radius 2 is 1.55 bits per heavy atom. The van der Waals surface area contributed by atoms with Crippen molar-refractivity contribution in [2.45, 2.75) is 27.7 Å². The maximum absolute atomic E-state index is 13.6. The second-order valence-electron chi connectivity index (χ2n) is 7.84. The highest BCUT2D eigenvalue weighted by Gasteiger charge is 2.41. The summed E-state index contributed by atoms with van der Waals surface area (Å²) in [6.07, 6.45) is 0. The van der Waals surface area contributed by atoms with Crippen molar-refractivity contribution in [3.63, 3.8) is 0 Å². The first-order valence-electron chi connectivity index (χ1n) is 10.1. The predicted molar refractivity (Wildman–Crippen MR) is 126 cm³/mol. The van der Waals surface area contributed by atoms with Crippen molar-refractivity contribution in [1.29, 1.82) is 0 Å². The van der Waals surface area contributed by atoms with Gasteiger partial charge in [0.2, 0.25) is 0 Å². The van der Waals surface area contributed by atoms with Crippen LogP contribution >= 0.6 is 11.6 Å². The molecule has 2 amide bonds. The van der Waals surface area contributed by atoms with E-state index in [1.165, 1.54) is 0 Å². The van der Waals surface area contributed by atoms with Gasteiger partial charge in [0.25, 0.3) is 11.8 Å². The Kier molecular flexibility index (Phi) is 5.42. The second kappa shape index (κ2) is 8.05. The Morgan fingerprint density at radius 3 is 2.26 bits per heavy atom. The van der Waals surface area contributed by atoms with Crippen LogP contribution in [0.15, 0.2) is 66.4 Å². The first-order valence-corrected chi connectivity index (χ1v) is 10.5. The van der Waals surface area contributed by atoms with Gasteiger partial charge in [0, 0.05) is 5.69 Å². The topological polar surface area (TPSA) is 49.4 Å². The lowest BCUT2D eigenvalue weighted by Gasteiger charge is -2.17. The number of hydrogen-bond donors (Lipinski definition) is 1. The molecule has 1 aliphatic heterocycles. The Labute approximate surface area is 187 Å². The number of rotatable bonds is 4. The Bertz CT molecular complexity index is 1260. The van der Waals surface area contributed by atoms with Crippen molar-refractivity contribution in [3.05, 3.63) is 99.2 Å². The lowest BCUT2D eigenvalue weighted by Crippen LogP contribution is -2.32. The van der Waals surface area contributed by atoms with Crippen molar-refractivity contribution in [3.8, 4) is 0 Å². The molecule has 0 saturated carbocycles. The third-order valence-electron chi connectivity index (χ3n) is 5.69. The lowest BCUT2D eigenvalue weighted by atomic mass is 9.97. The summed E-state index contributed by atoms with van der Waals surface area (Å²) in [4.78, 5) is 28.3. The van der Waals surface area contributed by atoms with E-state index in [0.717, 1.165) is 38.4 Å². The zero-order valence-corrected chi connectivity index (χ0v) is 18.7. The fourth-order valence-electron chi connectivity index (χ4n) is 3.86. The van der Waals surface area contributed by atoms with Gasteiger partial charge in [0.1, 0.15) is 5.70 Å². The Balaban J connectivity index is 1.91. The highest BCUT2D eigenvalue weighted by atomic mass is 35.5. The van der Waals surface area contributed by atoms with Crippen molar-refractivity contribution in [2.24, 2.45) is 0 Å². The molecule has 4 rings (SSSR count). The van der Waals surface area contributed by atoms with E-state index in [4.69, 9.17) is 11.6 Å². The number of amides is 2. The molecule has 0 radical (unpaired) electrons. The summed E-state index contributed by atoms with van der Waals surface area (Å²) in [5, 5.41) is 3.61. The van der Waals surface area contributed by atoms with Gasteiger partial charge in [-0.3, -0.25) is 9.59 Å². The number of halogens is 1. The molecule has 3 aromatic rings. The number of aryl methyl sites for hydroxylation is 3. The van der Waals surface area contributed by atoms with Crippen LogP contribution in [-0.4, -0.2) is 11.8 Å². The van der Waals surface area contributed by atoms with Gasteiger partial charge in [-0.05, 0) is 68.1 Å². The van der Waals surface area contributed by atoms with Gasteiger partial charge >= 0.3 is 0 Å². The molecule has 1 N–H and O–H groups in total. The molecule has 0 fully saturated rings. The number of carbonyl (C=O) groups is 2. The maximum atomic E-state index is 13.6. The van der Waals surface area contributed by atoms with Gasteiger partial charge in [0.05, 0.1) is 16.3 Å². The first-order chi connectivity index (χ1) is 14.8. The van der Waals surface area contributed by atoms with Crippen LogP contribution in [0, 0.1) is 27.7 Å². The van der Waals surface area contributed by atoms with E-state index in [1.807, 2.05) is 64.1 Å². The molecule has 156 valence electrons. The number of nitrogens with zero attached hydrogens (tertiary/aromatic N) is 1. The molecule has 1 aliphatic rings. The lowest BCUT2D eigenvalue weighted by molar-refractivity contribution is -0.120. The molecule has 0 aromatic heterocycles. The van der Waals surface area contributed by atoms with Crippen LogP contribution in [0.1, 0.15) is 27.8 Å². The van der Waals surface area contributed by atoms with Crippen LogP contribution in [0.25, 0.3) is 5.57 Å². The summed E-state index contributed by atoms with van der Waals surface area (Å²) in [6.45, 7) is 7.94. The minimum Gasteiger partial charge on any atom is -0.350 e. The monoisotopic (exact) mass is 430 g/mol. The quantitative estimate of drug-likeness (QED) is 0.518. The van der Waals surface area contributed by atoms with Crippen LogP contribution < -0.4 is 10.2 Å².